The Bertz CT molecular complexity index is 819. The zero-order valence-corrected chi connectivity index (χ0v) is 15.9. The van der Waals surface area contributed by atoms with Gasteiger partial charge in [-0.15, -0.1) is 0 Å². The number of rotatable bonds is 7. The Morgan fingerprint density at radius 3 is 2.81 bits per heavy atom. The minimum Gasteiger partial charge on any atom is -0.487 e. The van der Waals surface area contributed by atoms with Crippen molar-refractivity contribution in [1.29, 1.82) is 0 Å². The first kappa shape index (κ1) is 19.2. The third-order valence-corrected chi connectivity index (χ3v) is 4.96. The summed E-state index contributed by atoms with van der Waals surface area (Å²) in [7, 11) is 0. The molecule has 0 amide bonds. The average molecular weight is 371 g/mol. The Balaban J connectivity index is 1.74. The number of benzene rings is 2. The summed E-state index contributed by atoms with van der Waals surface area (Å²) in [5.41, 5.74) is 3.60. The SMILES string of the molecule is CC(C)N1CCCc2cccc(OCc3ccc(CCC(=O)O)c(F)c3)c21. The number of hydrogen-bond acceptors (Lipinski definition) is 3. The second-order valence-electron chi connectivity index (χ2n) is 7.26. The van der Waals surface area contributed by atoms with Crippen LogP contribution in [0.25, 0.3) is 0 Å². The fraction of sp³-hybridized carbons (Fsp3) is 0.409. The molecule has 0 saturated heterocycles. The van der Waals surface area contributed by atoms with Crippen LogP contribution in [-0.2, 0) is 24.2 Å². The van der Waals surface area contributed by atoms with E-state index in [1.54, 1.807) is 12.1 Å². The van der Waals surface area contributed by atoms with Crippen molar-refractivity contribution in [2.75, 3.05) is 11.4 Å². The summed E-state index contributed by atoms with van der Waals surface area (Å²) in [5, 5.41) is 8.74. The lowest BCUT2D eigenvalue weighted by atomic mass is 9.99. The summed E-state index contributed by atoms with van der Waals surface area (Å²) in [5.74, 6) is -0.474. The van der Waals surface area contributed by atoms with E-state index in [4.69, 9.17) is 9.84 Å². The smallest absolute Gasteiger partial charge is 0.303 e. The normalized spacial score (nSPS) is 13.6. The highest BCUT2D eigenvalue weighted by Gasteiger charge is 2.23. The molecule has 0 fully saturated rings. The van der Waals surface area contributed by atoms with E-state index >= 15 is 0 Å². The van der Waals surface area contributed by atoms with Crippen molar-refractivity contribution >= 4 is 11.7 Å². The molecule has 0 radical (unpaired) electrons. The van der Waals surface area contributed by atoms with Crippen molar-refractivity contribution in [3.8, 4) is 5.75 Å². The van der Waals surface area contributed by atoms with Gasteiger partial charge in [-0.25, -0.2) is 4.39 Å². The van der Waals surface area contributed by atoms with Crippen LogP contribution in [0.5, 0.6) is 5.75 Å². The number of halogens is 1. The molecule has 0 aliphatic carbocycles. The van der Waals surface area contributed by atoms with Crippen molar-refractivity contribution < 1.29 is 19.0 Å². The molecule has 2 aromatic rings. The molecule has 1 N–H and O–H groups in total. The van der Waals surface area contributed by atoms with Gasteiger partial charge in [-0.1, -0.05) is 24.3 Å². The van der Waals surface area contributed by atoms with Crippen LogP contribution < -0.4 is 9.64 Å². The van der Waals surface area contributed by atoms with Crippen LogP contribution in [0.15, 0.2) is 36.4 Å². The van der Waals surface area contributed by atoms with Crippen molar-refractivity contribution in [3.63, 3.8) is 0 Å². The first-order chi connectivity index (χ1) is 13.0. The molecule has 3 rings (SSSR count). The quantitative estimate of drug-likeness (QED) is 0.774. The van der Waals surface area contributed by atoms with Crippen LogP contribution >= 0.6 is 0 Å². The van der Waals surface area contributed by atoms with Gasteiger partial charge in [0.05, 0.1) is 5.69 Å². The molecular formula is C22H26FNO3. The number of anilines is 1. The minimum absolute atomic E-state index is 0.0754. The number of aryl methyl sites for hydroxylation is 2. The van der Waals surface area contributed by atoms with Gasteiger partial charge in [0.1, 0.15) is 18.2 Å². The standard InChI is InChI=1S/C22H26FNO3/c1-15(2)24-12-4-6-18-5-3-7-20(22(18)24)27-14-16-8-9-17(19(23)13-16)10-11-21(25)26/h3,5,7-9,13,15H,4,6,10-12,14H2,1-2H3,(H,25,26). The van der Waals surface area contributed by atoms with Crippen molar-refractivity contribution in [3.05, 3.63) is 58.9 Å². The number of aliphatic carboxylic acids is 1. The number of ether oxygens (including phenoxy) is 1. The van der Waals surface area contributed by atoms with Crippen molar-refractivity contribution in [2.24, 2.45) is 0 Å². The highest BCUT2D eigenvalue weighted by molar-refractivity contribution is 5.67. The average Bonchev–Trinajstić information content (AvgIpc) is 2.64. The Hall–Kier alpha value is -2.56. The van der Waals surface area contributed by atoms with Gasteiger partial charge in [0, 0.05) is 19.0 Å². The molecule has 0 unspecified atom stereocenters. The molecule has 2 aromatic carbocycles. The van der Waals surface area contributed by atoms with E-state index in [1.807, 2.05) is 12.1 Å². The van der Waals surface area contributed by atoms with Gasteiger partial charge < -0.3 is 14.7 Å². The van der Waals surface area contributed by atoms with E-state index in [-0.39, 0.29) is 25.3 Å². The number of para-hydroxylation sites is 1. The number of carboxylic acids is 1. The van der Waals surface area contributed by atoms with Gasteiger partial charge >= 0.3 is 5.97 Å². The van der Waals surface area contributed by atoms with Gasteiger partial charge in [-0.05, 0) is 61.9 Å². The Morgan fingerprint density at radius 2 is 2.11 bits per heavy atom. The van der Waals surface area contributed by atoms with E-state index in [2.05, 4.69) is 24.8 Å². The maximum absolute atomic E-state index is 14.2. The molecule has 1 aliphatic rings. The molecule has 0 bridgehead atoms. The minimum atomic E-state index is -0.926. The lowest BCUT2D eigenvalue weighted by Crippen LogP contribution is -2.35. The van der Waals surface area contributed by atoms with Crippen LogP contribution in [-0.4, -0.2) is 23.7 Å². The van der Waals surface area contributed by atoms with Crippen molar-refractivity contribution in [1.82, 2.24) is 0 Å². The summed E-state index contributed by atoms with van der Waals surface area (Å²) in [6, 6.07) is 11.4. The molecule has 0 aromatic heterocycles. The van der Waals surface area contributed by atoms with Gasteiger partial charge in [0.2, 0.25) is 0 Å². The molecule has 0 spiro atoms. The first-order valence-corrected chi connectivity index (χ1v) is 9.46. The Morgan fingerprint density at radius 1 is 1.30 bits per heavy atom. The van der Waals surface area contributed by atoms with Crippen LogP contribution in [0.1, 0.15) is 43.4 Å². The zero-order valence-electron chi connectivity index (χ0n) is 15.9. The molecule has 4 nitrogen and oxygen atoms in total. The van der Waals surface area contributed by atoms with E-state index in [0.29, 0.717) is 11.6 Å². The highest BCUT2D eigenvalue weighted by atomic mass is 19.1. The van der Waals surface area contributed by atoms with Gasteiger partial charge in [0.25, 0.3) is 0 Å². The maximum Gasteiger partial charge on any atom is 0.303 e. The summed E-state index contributed by atoms with van der Waals surface area (Å²) < 4.78 is 20.3. The zero-order chi connectivity index (χ0) is 19.4. The van der Waals surface area contributed by atoms with E-state index in [1.165, 1.54) is 11.6 Å². The van der Waals surface area contributed by atoms with Crippen LogP contribution in [0.4, 0.5) is 10.1 Å². The third kappa shape index (κ3) is 4.59. The summed E-state index contributed by atoms with van der Waals surface area (Å²) >= 11 is 0. The maximum atomic E-state index is 14.2. The fourth-order valence-corrected chi connectivity index (χ4v) is 3.57. The molecule has 1 aliphatic heterocycles. The predicted molar refractivity (Wildman–Crippen MR) is 104 cm³/mol. The largest absolute Gasteiger partial charge is 0.487 e. The van der Waals surface area contributed by atoms with Gasteiger partial charge in [0.15, 0.2) is 0 Å². The molecule has 1 heterocycles. The molecular weight excluding hydrogens is 345 g/mol. The number of nitrogens with zero attached hydrogens (tertiary/aromatic N) is 1. The molecule has 144 valence electrons. The second-order valence-corrected chi connectivity index (χ2v) is 7.26. The number of carboxylic acid groups (broad SMARTS) is 1. The Kier molecular flexibility index (Phi) is 5.99. The van der Waals surface area contributed by atoms with E-state index < -0.39 is 5.97 Å². The monoisotopic (exact) mass is 371 g/mol. The van der Waals surface area contributed by atoms with Crippen LogP contribution in [0, 0.1) is 5.82 Å². The summed E-state index contributed by atoms with van der Waals surface area (Å²) in [4.78, 5) is 13.0. The molecule has 27 heavy (non-hydrogen) atoms. The number of hydrogen-bond donors (Lipinski definition) is 1. The molecule has 5 heteroatoms. The highest BCUT2D eigenvalue weighted by Crippen LogP contribution is 2.37. The van der Waals surface area contributed by atoms with Gasteiger partial charge in [-0.2, -0.15) is 0 Å². The second kappa shape index (κ2) is 8.42. The molecule has 0 saturated carbocycles. The van der Waals surface area contributed by atoms with Gasteiger partial charge in [-0.3, -0.25) is 4.79 Å². The predicted octanol–water partition coefficient (Wildman–Crippen LogP) is 4.58. The Labute approximate surface area is 159 Å². The summed E-state index contributed by atoms with van der Waals surface area (Å²) in [6.07, 6.45) is 2.30. The number of fused-ring (bicyclic) bond motifs is 1. The lowest BCUT2D eigenvalue weighted by molar-refractivity contribution is -0.136. The third-order valence-electron chi connectivity index (χ3n) is 4.96. The topological polar surface area (TPSA) is 49.8 Å². The van der Waals surface area contributed by atoms with E-state index in [0.717, 1.165) is 36.4 Å². The lowest BCUT2D eigenvalue weighted by Gasteiger charge is -2.36. The summed E-state index contributed by atoms with van der Waals surface area (Å²) in [6.45, 7) is 5.64. The van der Waals surface area contributed by atoms with Crippen LogP contribution in [0.2, 0.25) is 0 Å². The van der Waals surface area contributed by atoms with Crippen molar-refractivity contribution in [2.45, 2.75) is 52.2 Å². The van der Waals surface area contributed by atoms with E-state index in [9.17, 15) is 9.18 Å². The van der Waals surface area contributed by atoms with Crippen LogP contribution in [0.3, 0.4) is 0 Å². The first-order valence-electron chi connectivity index (χ1n) is 9.46. The molecule has 0 atom stereocenters. The number of carbonyl (C=O) groups is 1. The fourth-order valence-electron chi connectivity index (χ4n) is 3.57.